The van der Waals surface area contributed by atoms with Crippen LogP contribution in [0.4, 0.5) is 0 Å². The van der Waals surface area contributed by atoms with E-state index in [1.807, 2.05) is 6.08 Å². The van der Waals surface area contributed by atoms with Crippen LogP contribution in [0.5, 0.6) is 5.75 Å². The zero-order valence-corrected chi connectivity index (χ0v) is 11.3. The number of carbonyl (C=O) groups excluding carboxylic acids is 1. The van der Waals surface area contributed by atoms with Crippen molar-refractivity contribution in [2.45, 2.75) is 32.1 Å². The van der Waals surface area contributed by atoms with Crippen molar-refractivity contribution in [2.24, 2.45) is 0 Å². The Bertz CT molecular complexity index is 371. The van der Waals surface area contributed by atoms with Crippen molar-refractivity contribution in [1.29, 1.82) is 0 Å². The maximum absolute atomic E-state index is 10.9. The molecule has 18 heavy (non-hydrogen) atoms. The van der Waals surface area contributed by atoms with Crippen LogP contribution in [0, 0.1) is 0 Å². The highest BCUT2D eigenvalue weighted by Crippen LogP contribution is 2.14. The summed E-state index contributed by atoms with van der Waals surface area (Å²) in [6.45, 7) is 4.41. The molecular formula is C15H19ClO2. The first-order chi connectivity index (χ1) is 8.74. The van der Waals surface area contributed by atoms with Crippen LogP contribution in [0.25, 0.3) is 0 Å². The fourth-order valence-electron chi connectivity index (χ4n) is 1.62. The lowest BCUT2D eigenvalue weighted by Gasteiger charge is -2.06. The molecule has 3 heteroatoms. The molecular weight excluding hydrogens is 248 g/mol. The minimum atomic E-state index is -0.441. The largest absolute Gasteiger partial charge is 0.494 e. The van der Waals surface area contributed by atoms with Gasteiger partial charge in [-0.25, -0.2) is 0 Å². The molecule has 0 saturated heterocycles. The summed E-state index contributed by atoms with van der Waals surface area (Å²) >= 11 is 5.36. The number of carbonyl (C=O) groups is 1. The second-order valence-electron chi connectivity index (χ2n) is 4.14. The zero-order valence-electron chi connectivity index (χ0n) is 10.5. The normalized spacial score (nSPS) is 10.1. The molecule has 1 aromatic carbocycles. The first-order valence-corrected chi connectivity index (χ1v) is 6.65. The van der Waals surface area contributed by atoms with E-state index in [0.717, 1.165) is 18.6 Å². The van der Waals surface area contributed by atoms with Gasteiger partial charge in [-0.15, -0.1) is 6.58 Å². The van der Waals surface area contributed by atoms with E-state index in [1.54, 1.807) is 24.3 Å². The number of benzene rings is 1. The Morgan fingerprint density at radius 2 is 1.83 bits per heavy atom. The van der Waals surface area contributed by atoms with Gasteiger partial charge in [0.1, 0.15) is 5.75 Å². The molecule has 0 N–H and O–H groups in total. The van der Waals surface area contributed by atoms with Crippen LogP contribution in [0.1, 0.15) is 42.5 Å². The molecule has 1 aromatic rings. The lowest BCUT2D eigenvalue weighted by molar-refractivity contribution is 0.108. The predicted octanol–water partition coefficient (Wildman–Crippen LogP) is 4.58. The molecule has 0 aliphatic carbocycles. The van der Waals surface area contributed by atoms with Crippen LogP contribution in [0.2, 0.25) is 0 Å². The second-order valence-corrected chi connectivity index (χ2v) is 4.48. The van der Waals surface area contributed by atoms with Crippen molar-refractivity contribution < 1.29 is 9.53 Å². The quantitative estimate of drug-likeness (QED) is 0.371. The van der Waals surface area contributed by atoms with E-state index < -0.39 is 5.24 Å². The molecule has 0 spiro atoms. The summed E-state index contributed by atoms with van der Waals surface area (Å²) in [5.74, 6) is 0.780. The SMILES string of the molecule is C=CCCCCCCOc1ccc(C(=O)Cl)cc1. The smallest absolute Gasteiger partial charge is 0.252 e. The Labute approximate surface area is 114 Å². The summed E-state index contributed by atoms with van der Waals surface area (Å²) in [7, 11) is 0. The van der Waals surface area contributed by atoms with Gasteiger partial charge in [0.15, 0.2) is 0 Å². The van der Waals surface area contributed by atoms with E-state index in [4.69, 9.17) is 16.3 Å². The van der Waals surface area contributed by atoms with Gasteiger partial charge in [-0.05, 0) is 55.1 Å². The van der Waals surface area contributed by atoms with E-state index in [1.165, 1.54) is 19.3 Å². The van der Waals surface area contributed by atoms with Gasteiger partial charge in [-0.3, -0.25) is 4.79 Å². The van der Waals surface area contributed by atoms with Gasteiger partial charge in [0.2, 0.25) is 0 Å². The van der Waals surface area contributed by atoms with Crippen LogP contribution in [-0.2, 0) is 0 Å². The second kappa shape index (κ2) is 8.76. The van der Waals surface area contributed by atoms with Crippen molar-refractivity contribution in [3.05, 3.63) is 42.5 Å². The van der Waals surface area contributed by atoms with E-state index in [-0.39, 0.29) is 0 Å². The van der Waals surface area contributed by atoms with E-state index >= 15 is 0 Å². The molecule has 98 valence electrons. The zero-order chi connectivity index (χ0) is 13.2. The molecule has 0 radical (unpaired) electrons. The molecule has 1 rings (SSSR count). The highest BCUT2D eigenvalue weighted by Gasteiger charge is 2.01. The van der Waals surface area contributed by atoms with E-state index in [0.29, 0.717) is 12.2 Å². The number of unbranched alkanes of at least 4 members (excludes halogenated alkanes) is 4. The third-order valence-electron chi connectivity index (χ3n) is 2.65. The molecule has 2 nitrogen and oxygen atoms in total. The predicted molar refractivity (Wildman–Crippen MR) is 75.4 cm³/mol. The van der Waals surface area contributed by atoms with Crippen LogP contribution >= 0.6 is 11.6 Å². The monoisotopic (exact) mass is 266 g/mol. The minimum Gasteiger partial charge on any atom is -0.494 e. The number of hydrogen-bond acceptors (Lipinski definition) is 2. The van der Waals surface area contributed by atoms with Gasteiger partial charge >= 0.3 is 0 Å². The molecule has 0 saturated carbocycles. The lowest BCUT2D eigenvalue weighted by Crippen LogP contribution is -1.97. The number of ether oxygens (including phenoxy) is 1. The van der Waals surface area contributed by atoms with Gasteiger partial charge < -0.3 is 4.74 Å². The first kappa shape index (κ1) is 14.8. The van der Waals surface area contributed by atoms with Crippen molar-refractivity contribution in [1.82, 2.24) is 0 Å². The summed E-state index contributed by atoms with van der Waals surface area (Å²) in [6.07, 6.45) is 7.69. The maximum Gasteiger partial charge on any atom is 0.252 e. The molecule has 0 aromatic heterocycles. The van der Waals surface area contributed by atoms with Gasteiger partial charge in [-0.1, -0.05) is 18.9 Å². The molecule has 0 fully saturated rings. The molecule has 0 amide bonds. The Morgan fingerprint density at radius 1 is 1.17 bits per heavy atom. The van der Waals surface area contributed by atoms with Gasteiger partial charge in [0.25, 0.3) is 5.24 Å². The standard InChI is InChI=1S/C15H19ClO2/c1-2-3-4-5-6-7-12-18-14-10-8-13(9-11-14)15(16)17/h2,8-11H,1,3-7,12H2. The van der Waals surface area contributed by atoms with E-state index in [9.17, 15) is 4.79 Å². The summed E-state index contributed by atoms with van der Waals surface area (Å²) in [4.78, 5) is 10.9. The first-order valence-electron chi connectivity index (χ1n) is 6.27. The summed E-state index contributed by atoms with van der Waals surface area (Å²) in [6, 6.07) is 6.89. The van der Waals surface area contributed by atoms with Crippen molar-refractivity contribution in [2.75, 3.05) is 6.61 Å². The van der Waals surface area contributed by atoms with Crippen molar-refractivity contribution >= 4 is 16.8 Å². The van der Waals surface area contributed by atoms with Crippen molar-refractivity contribution in [3.63, 3.8) is 0 Å². The number of allylic oxidation sites excluding steroid dienone is 1. The molecule has 0 unspecified atom stereocenters. The Balaban J connectivity index is 2.15. The van der Waals surface area contributed by atoms with Crippen LogP contribution < -0.4 is 4.74 Å². The number of rotatable bonds is 9. The molecule has 0 aliphatic heterocycles. The van der Waals surface area contributed by atoms with Gasteiger partial charge in [-0.2, -0.15) is 0 Å². The molecule has 0 aliphatic rings. The average Bonchev–Trinajstić information content (AvgIpc) is 2.38. The minimum absolute atomic E-state index is 0.441. The maximum atomic E-state index is 10.9. The van der Waals surface area contributed by atoms with Gasteiger partial charge in [0, 0.05) is 5.56 Å². The Morgan fingerprint density at radius 3 is 2.44 bits per heavy atom. The fourth-order valence-corrected chi connectivity index (χ4v) is 1.74. The van der Waals surface area contributed by atoms with Crippen LogP contribution in [0.15, 0.2) is 36.9 Å². The number of hydrogen-bond donors (Lipinski definition) is 0. The Kier molecular flexibility index (Phi) is 7.19. The summed E-state index contributed by atoms with van der Waals surface area (Å²) in [5.41, 5.74) is 0.494. The van der Waals surface area contributed by atoms with Crippen LogP contribution in [0.3, 0.4) is 0 Å². The average molecular weight is 267 g/mol. The summed E-state index contributed by atoms with van der Waals surface area (Å²) in [5, 5.41) is -0.441. The highest BCUT2D eigenvalue weighted by molar-refractivity contribution is 6.67. The third-order valence-corrected chi connectivity index (χ3v) is 2.87. The van der Waals surface area contributed by atoms with Crippen LogP contribution in [-0.4, -0.2) is 11.8 Å². The molecule has 0 heterocycles. The summed E-state index contributed by atoms with van der Waals surface area (Å²) < 4.78 is 5.57. The molecule has 0 bridgehead atoms. The highest BCUT2D eigenvalue weighted by atomic mass is 35.5. The molecule has 0 atom stereocenters. The fraction of sp³-hybridized carbons (Fsp3) is 0.400. The topological polar surface area (TPSA) is 26.3 Å². The Hall–Kier alpha value is -1.28. The third kappa shape index (κ3) is 5.87. The van der Waals surface area contributed by atoms with Crippen molar-refractivity contribution in [3.8, 4) is 5.75 Å². The lowest BCUT2D eigenvalue weighted by atomic mass is 10.1. The van der Waals surface area contributed by atoms with E-state index in [2.05, 4.69) is 6.58 Å². The van der Waals surface area contributed by atoms with Gasteiger partial charge in [0.05, 0.1) is 6.61 Å². The number of halogens is 1.